The normalized spacial score (nSPS) is 14.7. The Morgan fingerprint density at radius 2 is 2.33 bits per heavy atom. The van der Waals surface area contributed by atoms with Crippen LogP contribution in [0.25, 0.3) is 6.08 Å². The molecule has 1 aromatic rings. The van der Waals surface area contributed by atoms with E-state index in [0.29, 0.717) is 11.4 Å². The van der Waals surface area contributed by atoms with E-state index in [0.717, 1.165) is 0 Å². The standard InChI is InChI=1S/C10H9N3O2/c11-9-5-6(10(14)15)4-8-7(13-9)2-1-3-12-8/h1-4H,5H2,(H2,11,13)(H,14,15). The van der Waals surface area contributed by atoms with Crippen LogP contribution in [0.15, 0.2) is 28.9 Å². The average Bonchev–Trinajstić information content (AvgIpc) is 2.35. The summed E-state index contributed by atoms with van der Waals surface area (Å²) in [5.41, 5.74) is 6.94. The molecule has 5 heteroatoms. The Bertz CT molecular complexity index is 477. The van der Waals surface area contributed by atoms with Crippen molar-refractivity contribution in [1.29, 1.82) is 0 Å². The van der Waals surface area contributed by atoms with E-state index in [-0.39, 0.29) is 17.8 Å². The molecule has 0 saturated carbocycles. The molecule has 0 saturated heterocycles. The van der Waals surface area contributed by atoms with Crippen molar-refractivity contribution in [3.05, 3.63) is 29.6 Å². The van der Waals surface area contributed by atoms with Crippen LogP contribution >= 0.6 is 0 Å². The molecule has 1 aromatic heterocycles. The molecule has 0 amide bonds. The fourth-order valence-electron chi connectivity index (χ4n) is 1.36. The van der Waals surface area contributed by atoms with E-state index in [9.17, 15) is 4.79 Å². The zero-order valence-electron chi connectivity index (χ0n) is 7.84. The zero-order chi connectivity index (χ0) is 10.8. The first-order valence-electron chi connectivity index (χ1n) is 4.39. The fourth-order valence-corrected chi connectivity index (χ4v) is 1.36. The summed E-state index contributed by atoms with van der Waals surface area (Å²) in [7, 11) is 0. The summed E-state index contributed by atoms with van der Waals surface area (Å²) in [6.07, 6.45) is 3.23. The zero-order valence-corrected chi connectivity index (χ0v) is 7.84. The number of rotatable bonds is 1. The first-order valence-corrected chi connectivity index (χ1v) is 4.39. The van der Waals surface area contributed by atoms with Crippen LogP contribution in [0.2, 0.25) is 0 Å². The highest BCUT2D eigenvalue weighted by atomic mass is 16.4. The summed E-state index contributed by atoms with van der Waals surface area (Å²) in [4.78, 5) is 19.0. The number of carboxylic acid groups (broad SMARTS) is 1. The first-order chi connectivity index (χ1) is 7.16. The Balaban J connectivity index is 2.58. The Labute approximate surface area is 86.0 Å². The highest BCUT2D eigenvalue weighted by molar-refractivity contribution is 6.01. The van der Waals surface area contributed by atoms with Gasteiger partial charge in [0.2, 0.25) is 0 Å². The van der Waals surface area contributed by atoms with Crippen molar-refractivity contribution in [3.63, 3.8) is 0 Å². The topological polar surface area (TPSA) is 88.6 Å². The monoisotopic (exact) mass is 203 g/mol. The van der Waals surface area contributed by atoms with Gasteiger partial charge < -0.3 is 10.8 Å². The minimum atomic E-state index is -0.994. The maximum absolute atomic E-state index is 10.9. The van der Waals surface area contributed by atoms with Crippen molar-refractivity contribution in [2.24, 2.45) is 10.7 Å². The van der Waals surface area contributed by atoms with Crippen LogP contribution in [0.5, 0.6) is 0 Å². The molecule has 5 nitrogen and oxygen atoms in total. The van der Waals surface area contributed by atoms with Crippen LogP contribution in [0.4, 0.5) is 5.69 Å². The largest absolute Gasteiger partial charge is 0.478 e. The van der Waals surface area contributed by atoms with E-state index in [1.54, 1.807) is 18.3 Å². The second-order valence-corrected chi connectivity index (χ2v) is 3.16. The average molecular weight is 203 g/mol. The smallest absolute Gasteiger partial charge is 0.332 e. The van der Waals surface area contributed by atoms with Gasteiger partial charge in [-0.15, -0.1) is 0 Å². The molecule has 1 aliphatic heterocycles. The van der Waals surface area contributed by atoms with Crippen LogP contribution in [0.3, 0.4) is 0 Å². The summed E-state index contributed by atoms with van der Waals surface area (Å²) in [5.74, 6) is -0.706. The van der Waals surface area contributed by atoms with Crippen molar-refractivity contribution in [2.75, 3.05) is 0 Å². The number of nitrogens with zero attached hydrogens (tertiary/aromatic N) is 2. The second-order valence-electron chi connectivity index (χ2n) is 3.16. The quantitative estimate of drug-likeness (QED) is 0.710. The van der Waals surface area contributed by atoms with Gasteiger partial charge in [-0.05, 0) is 18.2 Å². The molecule has 0 unspecified atom stereocenters. The number of pyridine rings is 1. The van der Waals surface area contributed by atoms with Gasteiger partial charge in [-0.25, -0.2) is 9.79 Å². The molecule has 0 spiro atoms. The number of hydrogen-bond acceptors (Lipinski definition) is 4. The molecule has 1 aliphatic rings. The molecule has 15 heavy (non-hydrogen) atoms. The second kappa shape index (κ2) is 3.53. The first kappa shape index (κ1) is 9.39. The number of aromatic nitrogens is 1. The molecule has 0 atom stereocenters. The predicted molar refractivity (Wildman–Crippen MR) is 55.7 cm³/mol. The van der Waals surface area contributed by atoms with Crippen molar-refractivity contribution in [3.8, 4) is 0 Å². The van der Waals surface area contributed by atoms with Gasteiger partial charge in [0, 0.05) is 18.2 Å². The Morgan fingerprint density at radius 3 is 3.07 bits per heavy atom. The molecule has 0 aliphatic carbocycles. The van der Waals surface area contributed by atoms with Gasteiger partial charge in [0.25, 0.3) is 0 Å². The van der Waals surface area contributed by atoms with Crippen molar-refractivity contribution in [2.45, 2.75) is 6.42 Å². The van der Waals surface area contributed by atoms with Crippen molar-refractivity contribution in [1.82, 2.24) is 4.98 Å². The third kappa shape index (κ3) is 1.85. The minimum absolute atomic E-state index is 0.145. The van der Waals surface area contributed by atoms with E-state index in [1.807, 2.05) is 0 Å². The molecule has 2 rings (SSSR count). The van der Waals surface area contributed by atoms with Crippen LogP contribution < -0.4 is 5.73 Å². The van der Waals surface area contributed by atoms with Gasteiger partial charge in [0.15, 0.2) is 0 Å². The van der Waals surface area contributed by atoms with Gasteiger partial charge in [-0.2, -0.15) is 0 Å². The van der Waals surface area contributed by atoms with Gasteiger partial charge in [-0.3, -0.25) is 4.98 Å². The van der Waals surface area contributed by atoms with Crippen LogP contribution in [-0.2, 0) is 4.79 Å². The van der Waals surface area contributed by atoms with Gasteiger partial charge in [0.1, 0.15) is 5.84 Å². The van der Waals surface area contributed by atoms with E-state index in [1.165, 1.54) is 6.08 Å². The number of nitrogens with two attached hydrogens (primary N) is 1. The molecular formula is C10H9N3O2. The maximum Gasteiger partial charge on any atom is 0.332 e. The Hall–Kier alpha value is -2.17. The molecule has 0 aromatic carbocycles. The number of carboxylic acids is 1. The lowest BCUT2D eigenvalue weighted by atomic mass is 10.1. The SMILES string of the molecule is NC1=Nc2cccnc2C=C(C(=O)O)C1. The molecule has 0 bridgehead atoms. The number of carbonyl (C=O) groups is 1. The van der Waals surface area contributed by atoms with Crippen LogP contribution in [0.1, 0.15) is 12.1 Å². The summed E-state index contributed by atoms with van der Waals surface area (Å²) < 4.78 is 0. The fraction of sp³-hybridized carbons (Fsp3) is 0.100. The number of aliphatic carboxylic acids is 1. The third-order valence-electron chi connectivity index (χ3n) is 2.04. The lowest BCUT2D eigenvalue weighted by Crippen LogP contribution is -2.14. The van der Waals surface area contributed by atoms with Gasteiger partial charge in [-0.1, -0.05) is 0 Å². The molecule has 76 valence electrons. The van der Waals surface area contributed by atoms with Crippen LogP contribution in [0, 0.1) is 0 Å². The number of aliphatic imine (C=N–C) groups is 1. The number of amidine groups is 1. The van der Waals surface area contributed by atoms with Crippen molar-refractivity contribution < 1.29 is 9.90 Å². The lowest BCUT2D eigenvalue weighted by Gasteiger charge is -1.97. The summed E-state index contributed by atoms with van der Waals surface area (Å²) in [6, 6.07) is 3.48. The molecule has 0 fully saturated rings. The van der Waals surface area contributed by atoms with Crippen molar-refractivity contribution >= 4 is 23.6 Å². The predicted octanol–water partition coefficient (Wildman–Crippen LogP) is 0.942. The lowest BCUT2D eigenvalue weighted by molar-refractivity contribution is -0.132. The maximum atomic E-state index is 10.9. The van der Waals surface area contributed by atoms with Gasteiger partial charge in [0.05, 0.1) is 11.4 Å². The van der Waals surface area contributed by atoms with Gasteiger partial charge >= 0.3 is 5.97 Å². The highest BCUT2D eigenvalue weighted by Crippen LogP contribution is 2.23. The Morgan fingerprint density at radius 1 is 1.53 bits per heavy atom. The molecular weight excluding hydrogens is 194 g/mol. The highest BCUT2D eigenvalue weighted by Gasteiger charge is 2.14. The van der Waals surface area contributed by atoms with Crippen LogP contribution in [-0.4, -0.2) is 21.9 Å². The summed E-state index contributed by atoms with van der Waals surface area (Å²) in [6.45, 7) is 0. The third-order valence-corrected chi connectivity index (χ3v) is 2.04. The number of fused-ring (bicyclic) bond motifs is 1. The Kier molecular flexibility index (Phi) is 2.21. The summed E-state index contributed by atoms with van der Waals surface area (Å²) in [5, 5.41) is 8.90. The van der Waals surface area contributed by atoms with E-state index >= 15 is 0 Å². The number of hydrogen-bond donors (Lipinski definition) is 2. The van der Waals surface area contributed by atoms with E-state index in [4.69, 9.17) is 10.8 Å². The molecule has 3 N–H and O–H groups in total. The minimum Gasteiger partial charge on any atom is -0.478 e. The van der Waals surface area contributed by atoms with E-state index in [2.05, 4.69) is 9.98 Å². The van der Waals surface area contributed by atoms with E-state index < -0.39 is 5.97 Å². The molecule has 0 radical (unpaired) electrons. The molecule has 2 heterocycles. The summed E-state index contributed by atoms with van der Waals surface area (Å²) >= 11 is 0.